The van der Waals surface area contributed by atoms with Gasteiger partial charge in [0.1, 0.15) is 11.6 Å². The van der Waals surface area contributed by atoms with Gasteiger partial charge in [0, 0.05) is 12.0 Å². The Hall–Kier alpha value is -2.50. The second-order valence-corrected chi connectivity index (χ2v) is 4.57. The number of fused-ring (bicyclic) bond motifs is 1. The SMILES string of the molecule is COC(=O)c1ncn(C2CCOc3ccccc32)c1N. The van der Waals surface area contributed by atoms with Crippen LogP contribution in [0.3, 0.4) is 0 Å². The quantitative estimate of drug-likeness (QED) is 0.841. The van der Waals surface area contributed by atoms with Gasteiger partial charge in [-0.05, 0) is 6.07 Å². The highest BCUT2D eigenvalue weighted by molar-refractivity contribution is 5.92. The van der Waals surface area contributed by atoms with Crippen LogP contribution in [0, 0.1) is 0 Å². The fourth-order valence-electron chi connectivity index (χ4n) is 2.49. The van der Waals surface area contributed by atoms with Crippen molar-refractivity contribution in [2.75, 3.05) is 19.5 Å². The normalized spacial score (nSPS) is 17.1. The summed E-state index contributed by atoms with van der Waals surface area (Å²) in [6.07, 6.45) is 2.35. The first-order chi connectivity index (χ1) is 9.72. The average Bonchev–Trinajstić information content (AvgIpc) is 2.87. The van der Waals surface area contributed by atoms with Crippen LogP contribution in [-0.4, -0.2) is 29.2 Å². The number of carbonyl (C=O) groups is 1. The molecule has 1 aromatic carbocycles. The summed E-state index contributed by atoms with van der Waals surface area (Å²) >= 11 is 0. The maximum atomic E-state index is 11.6. The van der Waals surface area contributed by atoms with Crippen LogP contribution in [0.2, 0.25) is 0 Å². The number of carbonyl (C=O) groups excluding carboxylic acids is 1. The largest absolute Gasteiger partial charge is 0.493 e. The Balaban J connectivity index is 2.03. The Morgan fingerprint density at radius 3 is 3.10 bits per heavy atom. The maximum absolute atomic E-state index is 11.6. The number of aromatic nitrogens is 2. The molecule has 1 aliphatic heterocycles. The summed E-state index contributed by atoms with van der Waals surface area (Å²) in [6, 6.07) is 7.82. The molecular formula is C14H15N3O3. The molecule has 3 rings (SSSR count). The highest BCUT2D eigenvalue weighted by Gasteiger charge is 2.26. The van der Waals surface area contributed by atoms with E-state index in [9.17, 15) is 4.79 Å². The molecule has 1 aromatic heterocycles. The van der Waals surface area contributed by atoms with E-state index in [1.54, 1.807) is 10.9 Å². The van der Waals surface area contributed by atoms with E-state index in [4.69, 9.17) is 10.5 Å². The molecule has 0 radical (unpaired) electrons. The van der Waals surface area contributed by atoms with E-state index < -0.39 is 5.97 Å². The van der Waals surface area contributed by atoms with Crippen LogP contribution in [0.4, 0.5) is 5.82 Å². The van der Waals surface area contributed by atoms with Gasteiger partial charge in [-0.25, -0.2) is 9.78 Å². The highest BCUT2D eigenvalue weighted by Crippen LogP contribution is 2.36. The lowest BCUT2D eigenvalue weighted by Crippen LogP contribution is -2.21. The fraction of sp³-hybridized carbons (Fsp3) is 0.286. The van der Waals surface area contributed by atoms with Crippen LogP contribution < -0.4 is 10.5 Å². The van der Waals surface area contributed by atoms with Crippen molar-refractivity contribution in [3.8, 4) is 5.75 Å². The van der Waals surface area contributed by atoms with Gasteiger partial charge in [-0.1, -0.05) is 18.2 Å². The Bertz CT molecular complexity index is 651. The Morgan fingerprint density at radius 2 is 2.30 bits per heavy atom. The van der Waals surface area contributed by atoms with Crippen LogP contribution in [0.15, 0.2) is 30.6 Å². The molecule has 0 saturated carbocycles. The van der Waals surface area contributed by atoms with Gasteiger partial charge in [-0.3, -0.25) is 0 Å². The van der Waals surface area contributed by atoms with Crippen molar-refractivity contribution in [1.82, 2.24) is 9.55 Å². The molecule has 1 unspecified atom stereocenters. The Labute approximate surface area is 116 Å². The number of ether oxygens (including phenoxy) is 2. The second kappa shape index (κ2) is 4.88. The van der Waals surface area contributed by atoms with Crippen molar-refractivity contribution in [2.45, 2.75) is 12.5 Å². The zero-order valence-electron chi connectivity index (χ0n) is 11.1. The van der Waals surface area contributed by atoms with Crippen LogP contribution >= 0.6 is 0 Å². The molecule has 1 atom stereocenters. The molecule has 2 aromatic rings. The third-order valence-corrected chi connectivity index (χ3v) is 3.47. The topological polar surface area (TPSA) is 79.4 Å². The number of esters is 1. The van der Waals surface area contributed by atoms with Crippen molar-refractivity contribution >= 4 is 11.8 Å². The molecule has 0 fully saturated rings. The summed E-state index contributed by atoms with van der Waals surface area (Å²) in [5.74, 6) is 0.636. The predicted molar refractivity (Wildman–Crippen MR) is 72.7 cm³/mol. The summed E-state index contributed by atoms with van der Waals surface area (Å²) < 4.78 is 12.1. The fourth-order valence-corrected chi connectivity index (χ4v) is 2.49. The third kappa shape index (κ3) is 1.89. The number of para-hydroxylation sites is 1. The number of methoxy groups -OCH3 is 1. The lowest BCUT2D eigenvalue weighted by Gasteiger charge is -2.27. The summed E-state index contributed by atoms with van der Waals surface area (Å²) in [5.41, 5.74) is 7.22. The first-order valence-electron chi connectivity index (χ1n) is 6.34. The first-order valence-corrected chi connectivity index (χ1v) is 6.34. The number of nitrogens with zero attached hydrogens (tertiary/aromatic N) is 2. The van der Waals surface area contributed by atoms with Crippen LogP contribution in [0.25, 0.3) is 0 Å². The number of anilines is 1. The van der Waals surface area contributed by atoms with Gasteiger partial charge in [-0.15, -0.1) is 0 Å². The lowest BCUT2D eigenvalue weighted by molar-refractivity contribution is 0.0596. The summed E-state index contributed by atoms with van der Waals surface area (Å²) in [5, 5.41) is 0. The lowest BCUT2D eigenvalue weighted by atomic mass is 10.0. The van der Waals surface area contributed by atoms with E-state index >= 15 is 0 Å². The monoisotopic (exact) mass is 273 g/mol. The van der Waals surface area contributed by atoms with E-state index in [0.29, 0.717) is 12.4 Å². The molecular weight excluding hydrogens is 258 g/mol. The summed E-state index contributed by atoms with van der Waals surface area (Å²) in [4.78, 5) is 15.6. The zero-order valence-corrected chi connectivity index (χ0v) is 11.1. The van der Waals surface area contributed by atoms with Gasteiger partial charge in [-0.2, -0.15) is 0 Å². The van der Waals surface area contributed by atoms with Crippen molar-refractivity contribution in [1.29, 1.82) is 0 Å². The Kier molecular flexibility index (Phi) is 3.06. The number of hydrogen-bond acceptors (Lipinski definition) is 5. The minimum absolute atomic E-state index is 0.0193. The van der Waals surface area contributed by atoms with Gasteiger partial charge in [0.25, 0.3) is 0 Å². The van der Waals surface area contributed by atoms with Crippen LogP contribution in [-0.2, 0) is 4.74 Å². The molecule has 0 bridgehead atoms. The molecule has 1 aliphatic rings. The van der Waals surface area contributed by atoms with Crippen molar-refractivity contribution in [2.24, 2.45) is 0 Å². The zero-order chi connectivity index (χ0) is 14.1. The highest BCUT2D eigenvalue weighted by atomic mass is 16.5. The molecule has 0 aliphatic carbocycles. The average molecular weight is 273 g/mol. The van der Waals surface area contributed by atoms with E-state index in [1.807, 2.05) is 24.3 Å². The smallest absolute Gasteiger partial charge is 0.360 e. The number of imidazole rings is 1. The number of nitrogens with two attached hydrogens (primary N) is 1. The van der Waals surface area contributed by atoms with Gasteiger partial charge in [0.05, 0.1) is 26.1 Å². The van der Waals surface area contributed by atoms with Crippen molar-refractivity contribution in [3.63, 3.8) is 0 Å². The number of hydrogen-bond donors (Lipinski definition) is 1. The maximum Gasteiger partial charge on any atom is 0.360 e. The molecule has 0 saturated heterocycles. The minimum atomic E-state index is -0.526. The van der Waals surface area contributed by atoms with E-state index in [0.717, 1.165) is 17.7 Å². The van der Waals surface area contributed by atoms with Crippen LogP contribution in [0.1, 0.15) is 28.5 Å². The van der Waals surface area contributed by atoms with Crippen molar-refractivity contribution < 1.29 is 14.3 Å². The van der Waals surface area contributed by atoms with Crippen molar-refractivity contribution in [3.05, 3.63) is 41.9 Å². The third-order valence-electron chi connectivity index (χ3n) is 3.47. The molecule has 2 heterocycles. The van der Waals surface area contributed by atoms with Gasteiger partial charge in [0.2, 0.25) is 0 Å². The van der Waals surface area contributed by atoms with Gasteiger partial charge in [0.15, 0.2) is 5.69 Å². The van der Waals surface area contributed by atoms with Gasteiger partial charge >= 0.3 is 5.97 Å². The number of nitrogen functional groups attached to an aromatic ring is 1. The van der Waals surface area contributed by atoms with Gasteiger partial charge < -0.3 is 19.8 Å². The summed E-state index contributed by atoms with van der Waals surface area (Å²) in [7, 11) is 1.31. The van der Waals surface area contributed by atoms with E-state index in [-0.39, 0.29) is 11.7 Å². The van der Waals surface area contributed by atoms with Crippen LogP contribution in [0.5, 0.6) is 5.75 Å². The minimum Gasteiger partial charge on any atom is -0.493 e. The number of rotatable bonds is 2. The number of benzene rings is 1. The molecule has 0 spiro atoms. The molecule has 6 heteroatoms. The standard InChI is InChI=1S/C14H15N3O3/c1-19-14(18)12-13(15)17(8-16-12)10-6-7-20-11-5-3-2-4-9(10)11/h2-5,8,10H,6-7,15H2,1H3. The Morgan fingerprint density at radius 1 is 1.50 bits per heavy atom. The first kappa shape index (κ1) is 12.5. The molecule has 0 amide bonds. The second-order valence-electron chi connectivity index (χ2n) is 4.57. The van der Waals surface area contributed by atoms with E-state index in [1.165, 1.54) is 7.11 Å². The molecule has 104 valence electrons. The molecule has 6 nitrogen and oxygen atoms in total. The van der Waals surface area contributed by atoms with E-state index in [2.05, 4.69) is 9.72 Å². The predicted octanol–water partition coefficient (Wildman–Crippen LogP) is 1.62. The summed E-state index contributed by atoms with van der Waals surface area (Å²) in [6.45, 7) is 0.604. The molecule has 2 N–H and O–H groups in total. The molecule has 20 heavy (non-hydrogen) atoms.